The Morgan fingerprint density at radius 3 is 1.34 bits per heavy atom. The number of rotatable bonds is 8. The molecule has 0 spiro atoms. The fourth-order valence-corrected chi connectivity index (χ4v) is 7.56. The highest BCUT2D eigenvalue weighted by Gasteiger charge is 2.29. The fourth-order valence-electron chi connectivity index (χ4n) is 7.56. The Morgan fingerprint density at radius 2 is 0.952 bits per heavy atom. The molecular weight excluding hydrogens is 803 g/mol. The molecule has 2 fully saturated rings. The standard InChI is InChI=1S/C42H42F2N14O4/c1-57-15-9-21(10-16-57)27-19-29(55-41(47)53-27)35-31(5-3-25(51-35)23-7-13-49-37(45)33(23)43)61-39(59)40(60)62-32-6-4-26(24-8-14-50-38(46)34(24)44)52-36(32)30-20-28(54-42(48)56-30)22-11-17-58(2)18-12-22/h3-8,13-14,19-22H,9-12,15-18H2,1-2H3,(H2,45,49)(H2,46,50)(H2,47,53,55)(H2,48,54,56). The van der Waals surface area contributed by atoms with Crippen LogP contribution in [0, 0.1) is 11.6 Å². The summed E-state index contributed by atoms with van der Waals surface area (Å²) in [5, 5.41) is 0. The number of anilines is 4. The molecule has 0 atom stereocenters. The van der Waals surface area contributed by atoms with Crippen molar-refractivity contribution in [2.24, 2.45) is 0 Å². The molecule has 18 nitrogen and oxygen atoms in total. The van der Waals surface area contributed by atoms with E-state index >= 15 is 8.78 Å². The molecule has 0 aliphatic carbocycles. The molecule has 6 aromatic heterocycles. The third kappa shape index (κ3) is 8.77. The van der Waals surface area contributed by atoms with Gasteiger partial charge in [-0.25, -0.2) is 58.2 Å². The molecule has 62 heavy (non-hydrogen) atoms. The minimum atomic E-state index is -1.46. The minimum Gasteiger partial charge on any atom is -0.416 e. The van der Waals surface area contributed by atoms with Crippen molar-refractivity contribution in [1.29, 1.82) is 0 Å². The van der Waals surface area contributed by atoms with Crippen LogP contribution in [0.1, 0.15) is 48.9 Å². The predicted molar refractivity (Wildman–Crippen MR) is 225 cm³/mol. The van der Waals surface area contributed by atoms with Gasteiger partial charge in [0.25, 0.3) is 0 Å². The first-order valence-corrected chi connectivity index (χ1v) is 19.7. The molecule has 8 rings (SSSR count). The molecule has 2 aliphatic rings. The van der Waals surface area contributed by atoms with Crippen LogP contribution in [-0.2, 0) is 9.59 Å². The molecule has 8 heterocycles. The Labute approximate surface area is 353 Å². The third-order valence-electron chi connectivity index (χ3n) is 11.0. The summed E-state index contributed by atoms with van der Waals surface area (Å²) in [4.78, 5) is 66.4. The number of nitrogen functional groups attached to an aromatic ring is 4. The maximum atomic E-state index is 15.2. The number of nitrogens with two attached hydrogens (primary N) is 4. The van der Waals surface area contributed by atoms with Crippen molar-refractivity contribution in [3.63, 3.8) is 0 Å². The zero-order valence-corrected chi connectivity index (χ0v) is 33.8. The lowest BCUT2D eigenvalue weighted by atomic mass is 9.93. The van der Waals surface area contributed by atoms with E-state index in [9.17, 15) is 9.59 Å². The number of hydrogen-bond acceptors (Lipinski definition) is 18. The van der Waals surface area contributed by atoms with E-state index in [0.29, 0.717) is 11.4 Å². The number of carbonyl (C=O) groups excluding carboxylic acids is 2. The molecule has 0 radical (unpaired) electrons. The molecule has 0 unspecified atom stereocenters. The lowest BCUT2D eigenvalue weighted by Gasteiger charge is -2.28. The number of halogens is 2. The topological polar surface area (TPSA) is 266 Å². The second-order valence-electron chi connectivity index (χ2n) is 15.2. The van der Waals surface area contributed by atoms with E-state index in [4.69, 9.17) is 32.4 Å². The number of hydrogen-bond donors (Lipinski definition) is 4. The number of nitrogens with zero attached hydrogens (tertiary/aromatic N) is 10. The Kier molecular flexibility index (Phi) is 11.6. The summed E-state index contributed by atoms with van der Waals surface area (Å²) in [5.41, 5.74) is 25.7. The van der Waals surface area contributed by atoms with E-state index in [-0.39, 0.29) is 92.2 Å². The second kappa shape index (κ2) is 17.3. The van der Waals surface area contributed by atoms with Crippen LogP contribution in [0.3, 0.4) is 0 Å². The average Bonchev–Trinajstić information content (AvgIpc) is 3.26. The first kappa shape index (κ1) is 41.4. The summed E-state index contributed by atoms with van der Waals surface area (Å²) in [6, 6.07) is 11.5. The van der Waals surface area contributed by atoms with E-state index in [1.54, 1.807) is 12.1 Å². The normalized spacial score (nSPS) is 15.4. The number of pyridine rings is 4. The Bertz CT molecular complexity index is 2510. The van der Waals surface area contributed by atoms with Gasteiger partial charge in [-0.2, -0.15) is 0 Å². The summed E-state index contributed by atoms with van der Waals surface area (Å²) in [6.45, 7) is 3.35. The average molecular weight is 845 g/mol. The van der Waals surface area contributed by atoms with Crippen LogP contribution in [-0.4, -0.2) is 102 Å². The summed E-state index contributed by atoms with van der Waals surface area (Å²) < 4.78 is 41.8. The first-order valence-electron chi connectivity index (χ1n) is 19.7. The zero-order valence-electron chi connectivity index (χ0n) is 33.8. The molecule has 8 N–H and O–H groups in total. The van der Waals surface area contributed by atoms with Gasteiger partial charge in [0.15, 0.2) is 34.8 Å². The second-order valence-corrected chi connectivity index (χ2v) is 15.2. The Hall–Kier alpha value is -7.32. The van der Waals surface area contributed by atoms with E-state index in [1.807, 2.05) is 14.1 Å². The summed E-state index contributed by atoms with van der Waals surface area (Å²) in [6.07, 6.45) is 5.87. The minimum absolute atomic E-state index is 0.00996. The molecule has 0 saturated carbocycles. The van der Waals surface area contributed by atoms with Crippen molar-refractivity contribution < 1.29 is 27.8 Å². The maximum absolute atomic E-state index is 15.2. The number of ether oxygens (including phenoxy) is 2. The number of aromatic nitrogens is 8. The molecule has 20 heteroatoms. The number of likely N-dealkylation sites (tertiary alicyclic amines) is 2. The highest BCUT2D eigenvalue weighted by atomic mass is 19.1. The summed E-state index contributed by atoms with van der Waals surface area (Å²) in [7, 11) is 4.07. The molecule has 318 valence electrons. The van der Waals surface area contributed by atoms with E-state index in [0.717, 1.165) is 51.9 Å². The number of piperidine rings is 2. The van der Waals surface area contributed by atoms with E-state index in [2.05, 4.69) is 49.7 Å². The third-order valence-corrected chi connectivity index (χ3v) is 11.0. The Morgan fingerprint density at radius 1 is 0.565 bits per heavy atom. The van der Waals surface area contributed by atoms with Gasteiger partial charge in [0.05, 0.1) is 22.8 Å². The van der Waals surface area contributed by atoms with Gasteiger partial charge in [0.2, 0.25) is 11.9 Å². The van der Waals surface area contributed by atoms with Crippen LogP contribution in [0.4, 0.5) is 32.3 Å². The van der Waals surface area contributed by atoms with Gasteiger partial charge < -0.3 is 42.2 Å². The van der Waals surface area contributed by atoms with Crippen molar-refractivity contribution in [1.82, 2.24) is 49.7 Å². The van der Waals surface area contributed by atoms with Crippen LogP contribution in [0.25, 0.3) is 45.3 Å². The quantitative estimate of drug-likeness (QED) is 0.123. The van der Waals surface area contributed by atoms with Crippen molar-refractivity contribution in [3.05, 3.63) is 83.9 Å². The molecule has 0 bridgehead atoms. The predicted octanol–water partition coefficient (Wildman–Crippen LogP) is 4.25. The van der Waals surface area contributed by atoms with Crippen LogP contribution >= 0.6 is 0 Å². The molecule has 0 amide bonds. The van der Waals surface area contributed by atoms with Gasteiger partial charge in [-0.3, -0.25) is 0 Å². The largest absolute Gasteiger partial charge is 0.423 e. The van der Waals surface area contributed by atoms with Crippen LogP contribution in [0.15, 0.2) is 60.9 Å². The SMILES string of the molecule is CN1CCC(c2cc(-c3nc(-c4ccnc(N)c4F)ccc3OC(=O)C(=O)Oc3ccc(-c4ccnc(N)c4F)nc3-c3cc(C4CCN(C)CC4)nc(N)n3)nc(N)n2)CC1. The highest BCUT2D eigenvalue weighted by Crippen LogP contribution is 2.37. The molecule has 6 aromatic rings. The smallest absolute Gasteiger partial charge is 0.416 e. The lowest BCUT2D eigenvalue weighted by molar-refractivity contribution is -0.156. The monoisotopic (exact) mass is 844 g/mol. The van der Waals surface area contributed by atoms with Gasteiger partial charge in [0, 0.05) is 46.7 Å². The van der Waals surface area contributed by atoms with E-state index in [1.165, 1.54) is 48.8 Å². The van der Waals surface area contributed by atoms with Crippen molar-refractivity contribution >= 4 is 35.5 Å². The molecule has 0 aromatic carbocycles. The molecule has 2 saturated heterocycles. The Balaban J connectivity index is 1.15. The maximum Gasteiger partial charge on any atom is 0.423 e. The van der Waals surface area contributed by atoms with Crippen molar-refractivity contribution in [2.75, 3.05) is 63.2 Å². The number of carbonyl (C=O) groups is 2. The van der Waals surface area contributed by atoms with Crippen molar-refractivity contribution in [3.8, 4) is 56.8 Å². The van der Waals surface area contributed by atoms with Gasteiger partial charge in [-0.05, 0) is 114 Å². The van der Waals surface area contributed by atoms with Gasteiger partial charge in [-0.1, -0.05) is 0 Å². The van der Waals surface area contributed by atoms with Crippen molar-refractivity contribution in [2.45, 2.75) is 37.5 Å². The van der Waals surface area contributed by atoms with Crippen LogP contribution in [0.2, 0.25) is 0 Å². The van der Waals surface area contributed by atoms with Crippen LogP contribution < -0.4 is 32.4 Å². The van der Waals surface area contributed by atoms with Gasteiger partial charge in [0.1, 0.15) is 11.4 Å². The fraction of sp³-hybridized carbons (Fsp3) is 0.286. The van der Waals surface area contributed by atoms with Crippen LogP contribution in [0.5, 0.6) is 11.5 Å². The van der Waals surface area contributed by atoms with E-state index < -0.39 is 23.6 Å². The lowest BCUT2D eigenvalue weighted by Crippen LogP contribution is -2.29. The summed E-state index contributed by atoms with van der Waals surface area (Å²) >= 11 is 0. The highest BCUT2D eigenvalue weighted by molar-refractivity contribution is 6.31. The molecule has 2 aliphatic heterocycles. The zero-order chi connectivity index (χ0) is 43.7. The van der Waals surface area contributed by atoms with Gasteiger partial charge in [-0.15, -0.1) is 0 Å². The first-order chi connectivity index (χ1) is 29.8. The number of esters is 2. The molecular formula is C42H42F2N14O4. The summed E-state index contributed by atoms with van der Waals surface area (Å²) in [5.74, 6) is -5.75. The van der Waals surface area contributed by atoms with Gasteiger partial charge >= 0.3 is 11.9 Å².